The molecule has 3 heterocycles. The van der Waals surface area contributed by atoms with Crippen LogP contribution in [0.25, 0.3) is 91.9 Å². The van der Waals surface area contributed by atoms with Crippen molar-refractivity contribution in [2.45, 2.75) is 0 Å². The number of para-hydroxylation sites is 2. The number of aromatic nitrogens is 1. The lowest BCUT2D eigenvalue weighted by Gasteiger charge is -2.10. The van der Waals surface area contributed by atoms with Crippen molar-refractivity contribution in [2.75, 3.05) is 0 Å². The highest BCUT2D eigenvalue weighted by molar-refractivity contribution is 7.26. The van der Waals surface area contributed by atoms with E-state index in [1.807, 2.05) is 23.5 Å². The zero-order chi connectivity index (χ0) is 29.5. The lowest BCUT2D eigenvalue weighted by Crippen LogP contribution is -1.93. The second-order valence-corrected chi connectivity index (χ2v) is 12.7. The third kappa shape index (κ3) is 3.62. The van der Waals surface area contributed by atoms with Crippen molar-refractivity contribution < 1.29 is 4.42 Å². The second kappa shape index (κ2) is 9.43. The molecule has 0 amide bonds. The molecule has 0 aliphatic carbocycles. The maximum absolute atomic E-state index is 6.22. The SMILES string of the molecule is c1ccc(-c2ccc3c(c2)c2ccccc2n3-c2cccc3c2sc2ccc(-c4cccc5oc6ccccc6c45)cc23)cc1. The fraction of sp³-hybridized carbons (Fsp3) is 0. The molecule has 0 aliphatic heterocycles. The van der Waals surface area contributed by atoms with Crippen molar-refractivity contribution in [3.8, 4) is 27.9 Å². The van der Waals surface area contributed by atoms with Crippen LogP contribution >= 0.6 is 11.3 Å². The summed E-state index contributed by atoms with van der Waals surface area (Å²) in [5, 5.41) is 7.44. The molecule has 7 aromatic carbocycles. The van der Waals surface area contributed by atoms with Crippen LogP contribution in [0.4, 0.5) is 0 Å². The van der Waals surface area contributed by atoms with Crippen LogP contribution in [0.5, 0.6) is 0 Å². The van der Waals surface area contributed by atoms with Crippen LogP contribution in [0.15, 0.2) is 156 Å². The van der Waals surface area contributed by atoms with Crippen molar-refractivity contribution in [3.63, 3.8) is 0 Å². The summed E-state index contributed by atoms with van der Waals surface area (Å²) in [6.07, 6.45) is 0. The predicted octanol–water partition coefficient (Wildman–Crippen LogP) is 12.4. The highest BCUT2D eigenvalue weighted by Crippen LogP contribution is 2.44. The molecule has 0 atom stereocenters. The summed E-state index contributed by atoms with van der Waals surface area (Å²) in [6.45, 7) is 0. The van der Waals surface area contributed by atoms with Crippen LogP contribution in [0.3, 0.4) is 0 Å². The maximum atomic E-state index is 6.22. The number of furan rings is 1. The Kier molecular flexibility index (Phi) is 5.19. The van der Waals surface area contributed by atoms with Crippen molar-refractivity contribution in [1.29, 1.82) is 0 Å². The van der Waals surface area contributed by atoms with Crippen LogP contribution in [0.2, 0.25) is 0 Å². The molecule has 0 aliphatic rings. The Morgan fingerprint density at radius 2 is 1.16 bits per heavy atom. The van der Waals surface area contributed by atoms with E-state index in [4.69, 9.17) is 4.42 Å². The number of hydrogen-bond acceptors (Lipinski definition) is 2. The quantitative estimate of drug-likeness (QED) is 0.200. The van der Waals surface area contributed by atoms with E-state index in [9.17, 15) is 0 Å². The first-order valence-electron chi connectivity index (χ1n) is 15.3. The summed E-state index contributed by atoms with van der Waals surface area (Å²) in [5.41, 5.74) is 10.4. The molecule has 0 spiro atoms. The topological polar surface area (TPSA) is 18.1 Å². The van der Waals surface area contributed by atoms with Gasteiger partial charge in [0.1, 0.15) is 11.2 Å². The van der Waals surface area contributed by atoms with Gasteiger partial charge in [0, 0.05) is 37.0 Å². The van der Waals surface area contributed by atoms with Crippen molar-refractivity contribution in [2.24, 2.45) is 0 Å². The highest BCUT2D eigenvalue weighted by Gasteiger charge is 2.18. The Labute approximate surface area is 263 Å². The van der Waals surface area contributed by atoms with Gasteiger partial charge in [-0.15, -0.1) is 11.3 Å². The zero-order valence-electron chi connectivity index (χ0n) is 24.2. The zero-order valence-corrected chi connectivity index (χ0v) is 25.0. The fourth-order valence-corrected chi connectivity index (χ4v) is 8.37. The van der Waals surface area contributed by atoms with Gasteiger partial charge in [-0.25, -0.2) is 0 Å². The molecule has 45 heavy (non-hydrogen) atoms. The van der Waals surface area contributed by atoms with Gasteiger partial charge in [-0.05, 0) is 70.8 Å². The van der Waals surface area contributed by atoms with Gasteiger partial charge in [0.25, 0.3) is 0 Å². The first kappa shape index (κ1) is 24.8. The number of benzene rings is 7. The number of fused-ring (bicyclic) bond motifs is 9. The molecule has 3 aromatic heterocycles. The number of nitrogens with zero attached hydrogens (tertiary/aromatic N) is 1. The normalized spacial score (nSPS) is 12.0. The first-order chi connectivity index (χ1) is 22.3. The Balaban J connectivity index is 1.20. The second-order valence-electron chi connectivity index (χ2n) is 11.7. The van der Waals surface area contributed by atoms with Gasteiger partial charge in [0.2, 0.25) is 0 Å². The summed E-state index contributed by atoms with van der Waals surface area (Å²) in [7, 11) is 0. The molecule has 10 aromatic rings. The Bertz CT molecular complexity index is 2760. The summed E-state index contributed by atoms with van der Waals surface area (Å²) >= 11 is 1.88. The van der Waals surface area contributed by atoms with Crippen LogP contribution in [-0.4, -0.2) is 4.57 Å². The Morgan fingerprint density at radius 3 is 2.09 bits per heavy atom. The molecule has 0 saturated carbocycles. The molecule has 0 bridgehead atoms. The molecule has 0 saturated heterocycles. The van der Waals surface area contributed by atoms with Crippen molar-refractivity contribution >= 4 is 75.3 Å². The van der Waals surface area contributed by atoms with Gasteiger partial charge in [0.05, 0.1) is 21.4 Å². The fourth-order valence-electron chi connectivity index (χ4n) is 7.19. The van der Waals surface area contributed by atoms with Gasteiger partial charge in [-0.2, -0.15) is 0 Å². The summed E-state index contributed by atoms with van der Waals surface area (Å²) in [4.78, 5) is 0. The molecule has 2 nitrogen and oxygen atoms in total. The monoisotopic (exact) mass is 591 g/mol. The molecule has 3 heteroatoms. The number of thiophene rings is 1. The average Bonchev–Trinajstić information content (AvgIpc) is 3.77. The minimum Gasteiger partial charge on any atom is -0.456 e. The summed E-state index contributed by atoms with van der Waals surface area (Å²) < 4.78 is 11.3. The van der Waals surface area contributed by atoms with Gasteiger partial charge in [0.15, 0.2) is 0 Å². The lowest BCUT2D eigenvalue weighted by molar-refractivity contribution is 0.669. The van der Waals surface area contributed by atoms with Gasteiger partial charge >= 0.3 is 0 Å². The van der Waals surface area contributed by atoms with E-state index in [-0.39, 0.29) is 0 Å². The van der Waals surface area contributed by atoms with E-state index in [0.29, 0.717) is 0 Å². The first-order valence-corrected chi connectivity index (χ1v) is 16.1. The van der Waals surface area contributed by atoms with Crippen molar-refractivity contribution in [1.82, 2.24) is 4.57 Å². The largest absolute Gasteiger partial charge is 0.456 e. The molecule has 210 valence electrons. The molecular formula is C42H25NOS. The molecule has 10 rings (SSSR count). The van der Waals surface area contributed by atoms with Crippen LogP contribution in [-0.2, 0) is 0 Å². The van der Waals surface area contributed by atoms with Gasteiger partial charge in [-0.1, -0.05) is 103 Å². The summed E-state index contributed by atoms with van der Waals surface area (Å²) in [5.74, 6) is 0. The van der Waals surface area contributed by atoms with Crippen molar-refractivity contribution in [3.05, 3.63) is 152 Å². The van der Waals surface area contributed by atoms with E-state index in [0.717, 1.165) is 16.6 Å². The molecule has 0 unspecified atom stereocenters. The van der Waals surface area contributed by atoms with E-state index in [1.165, 1.54) is 75.3 Å². The van der Waals surface area contributed by atoms with E-state index in [1.54, 1.807) is 0 Å². The van der Waals surface area contributed by atoms with Gasteiger partial charge < -0.3 is 8.98 Å². The minimum atomic E-state index is 0.924. The maximum Gasteiger partial charge on any atom is 0.136 e. The summed E-state index contributed by atoms with van der Waals surface area (Å²) in [6, 6.07) is 54.7. The number of hydrogen-bond donors (Lipinski definition) is 0. The van der Waals surface area contributed by atoms with E-state index in [2.05, 4.69) is 144 Å². The molecular weight excluding hydrogens is 567 g/mol. The predicted molar refractivity (Wildman–Crippen MR) is 192 cm³/mol. The Hall–Kier alpha value is -5.64. The Morgan fingerprint density at radius 1 is 0.444 bits per heavy atom. The average molecular weight is 592 g/mol. The van der Waals surface area contributed by atoms with Crippen LogP contribution < -0.4 is 0 Å². The lowest BCUT2D eigenvalue weighted by atomic mass is 9.98. The van der Waals surface area contributed by atoms with E-state index < -0.39 is 0 Å². The highest BCUT2D eigenvalue weighted by atomic mass is 32.1. The molecule has 0 fully saturated rings. The number of rotatable bonds is 3. The molecule has 0 radical (unpaired) electrons. The van der Waals surface area contributed by atoms with E-state index >= 15 is 0 Å². The molecule has 0 N–H and O–H groups in total. The third-order valence-corrected chi connectivity index (χ3v) is 10.4. The smallest absolute Gasteiger partial charge is 0.136 e. The third-order valence-electron chi connectivity index (χ3n) is 9.21. The van der Waals surface area contributed by atoms with Crippen LogP contribution in [0, 0.1) is 0 Å². The van der Waals surface area contributed by atoms with Gasteiger partial charge in [-0.3, -0.25) is 0 Å². The minimum absolute atomic E-state index is 0.924. The van der Waals surface area contributed by atoms with Crippen LogP contribution in [0.1, 0.15) is 0 Å². The standard InChI is InChI=1S/C42H25NOS/c1-2-10-26(11-3-1)27-20-22-36-33(24-27)30-12-4-6-16-35(30)43(36)37-17-8-15-31-34-25-28(21-23-40(34)45-42(31)37)29-14-9-19-39-41(29)32-13-5-7-18-38(32)44-39/h1-25H.